The van der Waals surface area contributed by atoms with Crippen molar-refractivity contribution in [2.45, 2.75) is 19.4 Å². The van der Waals surface area contributed by atoms with E-state index >= 15 is 0 Å². The third-order valence-electron chi connectivity index (χ3n) is 3.08. The summed E-state index contributed by atoms with van der Waals surface area (Å²) in [5.41, 5.74) is 0.912. The van der Waals surface area contributed by atoms with Gasteiger partial charge < -0.3 is 9.30 Å². The Bertz CT molecular complexity index is 553. The van der Waals surface area contributed by atoms with Gasteiger partial charge in [-0.05, 0) is 17.7 Å². The molecule has 4 nitrogen and oxygen atoms in total. The van der Waals surface area contributed by atoms with Crippen molar-refractivity contribution in [2.75, 3.05) is 13.2 Å². The van der Waals surface area contributed by atoms with Crippen LogP contribution in [0.2, 0.25) is 0 Å². The molecule has 0 N–H and O–H groups in total. The summed E-state index contributed by atoms with van der Waals surface area (Å²) in [4.78, 5) is 0. The Labute approximate surface area is 104 Å². The molecule has 0 unspecified atom stereocenters. The smallest absolute Gasteiger partial charge is 0.137 e. The minimum absolute atomic E-state index is 0.216. The van der Waals surface area contributed by atoms with Gasteiger partial charge in [0.05, 0.1) is 13.2 Å². The molecule has 1 aliphatic heterocycles. The number of aromatic nitrogens is 3. The number of benzene rings is 1. The van der Waals surface area contributed by atoms with Crippen LogP contribution in [0.15, 0.2) is 24.3 Å². The molecule has 0 aliphatic carbocycles. The highest BCUT2D eigenvalue weighted by Crippen LogP contribution is 2.13. The number of hydrogen-bond donors (Lipinski definition) is 0. The number of fused-ring (bicyclic) bond motifs is 1. The predicted molar refractivity (Wildman–Crippen MR) is 63.8 cm³/mol. The third kappa shape index (κ3) is 2.26. The van der Waals surface area contributed by atoms with Gasteiger partial charge in [-0.3, -0.25) is 0 Å². The van der Waals surface area contributed by atoms with Crippen molar-refractivity contribution in [1.82, 2.24) is 14.8 Å². The molecule has 0 saturated heterocycles. The van der Waals surface area contributed by atoms with E-state index in [0.717, 1.165) is 30.2 Å². The molecule has 1 aromatic heterocycles. The highest BCUT2D eigenvalue weighted by atomic mass is 19.1. The van der Waals surface area contributed by atoms with Crippen molar-refractivity contribution in [2.24, 2.45) is 0 Å². The first kappa shape index (κ1) is 11.3. The van der Waals surface area contributed by atoms with Gasteiger partial charge in [0.1, 0.15) is 17.5 Å². The predicted octanol–water partition coefficient (Wildman–Crippen LogP) is 1.58. The van der Waals surface area contributed by atoms with E-state index in [1.54, 1.807) is 6.07 Å². The average Bonchev–Trinajstić information content (AvgIpc) is 2.60. The van der Waals surface area contributed by atoms with Gasteiger partial charge in [-0.2, -0.15) is 0 Å². The topological polar surface area (TPSA) is 39.9 Å². The van der Waals surface area contributed by atoms with E-state index in [9.17, 15) is 4.39 Å². The molecule has 1 aliphatic rings. The SMILES string of the molecule is Fc1cccc(Cc2nnc3n2CCOCC3)c1. The van der Waals surface area contributed by atoms with E-state index in [4.69, 9.17) is 4.74 Å². The van der Waals surface area contributed by atoms with Crippen LogP contribution in [0.3, 0.4) is 0 Å². The van der Waals surface area contributed by atoms with Crippen LogP contribution in [0, 0.1) is 5.82 Å². The molecule has 3 rings (SSSR count). The zero-order chi connectivity index (χ0) is 12.4. The molecule has 2 heterocycles. The molecular formula is C13H14FN3O. The lowest BCUT2D eigenvalue weighted by Gasteiger charge is -2.06. The first-order valence-electron chi connectivity index (χ1n) is 6.06. The van der Waals surface area contributed by atoms with E-state index in [1.807, 2.05) is 6.07 Å². The van der Waals surface area contributed by atoms with Crippen molar-refractivity contribution >= 4 is 0 Å². The van der Waals surface area contributed by atoms with Gasteiger partial charge in [0.2, 0.25) is 0 Å². The van der Waals surface area contributed by atoms with Gasteiger partial charge in [0.15, 0.2) is 0 Å². The quantitative estimate of drug-likeness (QED) is 0.809. The van der Waals surface area contributed by atoms with Crippen molar-refractivity contribution in [1.29, 1.82) is 0 Å². The minimum Gasteiger partial charge on any atom is -0.379 e. The summed E-state index contributed by atoms with van der Waals surface area (Å²) in [6.45, 7) is 2.15. The molecule has 0 radical (unpaired) electrons. The first-order chi connectivity index (χ1) is 8.83. The Morgan fingerprint density at radius 1 is 1.28 bits per heavy atom. The Hall–Kier alpha value is -1.75. The van der Waals surface area contributed by atoms with Crippen LogP contribution in [0.25, 0.3) is 0 Å². The summed E-state index contributed by atoms with van der Waals surface area (Å²) < 4.78 is 20.6. The molecule has 18 heavy (non-hydrogen) atoms. The van der Waals surface area contributed by atoms with E-state index in [0.29, 0.717) is 19.6 Å². The summed E-state index contributed by atoms with van der Waals surface area (Å²) in [6.07, 6.45) is 1.39. The van der Waals surface area contributed by atoms with Crippen LogP contribution in [-0.2, 0) is 24.1 Å². The normalized spacial score (nSPS) is 15.2. The highest BCUT2D eigenvalue weighted by Gasteiger charge is 2.15. The number of rotatable bonds is 2. The maximum atomic E-state index is 13.1. The second kappa shape index (κ2) is 4.86. The molecule has 1 aromatic carbocycles. The van der Waals surface area contributed by atoms with Gasteiger partial charge >= 0.3 is 0 Å². The van der Waals surface area contributed by atoms with Crippen molar-refractivity contribution in [3.8, 4) is 0 Å². The highest BCUT2D eigenvalue weighted by molar-refractivity contribution is 5.20. The maximum Gasteiger partial charge on any atom is 0.137 e. The van der Waals surface area contributed by atoms with E-state index in [-0.39, 0.29) is 5.82 Å². The van der Waals surface area contributed by atoms with Gasteiger partial charge in [-0.1, -0.05) is 12.1 Å². The molecule has 0 bridgehead atoms. The number of nitrogens with zero attached hydrogens (tertiary/aromatic N) is 3. The zero-order valence-electron chi connectivity index (χ0n) is 9.97. The number of ether oxygens (including phenoxy) is 1. The van der Waals surface area contributed by atoms with Gasteiger partial charge in [-0.15, -0.1) is 10.2 Å². The Morgan fingerprint density at radius 3 is 3.11 bits per heavy atom. The summed E-state index contributed by atoms with van der Waals surface area (Å²) >= 11 is 0. The fourth-order valence-corrected chi connectivity index (χ4v) is 2.20. The molecule has 0 amide bonds. The summed E-state index contributed by atoms with van der Waals surface area (Å²) in [5, 5.41) is 8.37. The lowest BCUT2D eigenvalue weighted by Crippen LogP contribution is -2.09. The third-order valence-corrected chi connectivity index (χ3v) is 3.08. The molecule has 0 fully saturated rings. The van der Waals surface area contributed by atoms with Crippen LogP contribution in [0.4, 0.5) is 4.39 Å². The minimum atomic E-state index is -0.216. The van der Waals surface area contributed by atoms with E-state index in [1.165, 1.54) is 12.1 Å². The monoisotopic (exact) mass is 247 g/mol. The lowest BCUT2D eigenvalue weighted by atomic mass is 10.1. The molecule has 5 heteroatoms. The van der Waals surface area contributed by atoms with E-state index < -0.39 is 0 Å². The summed E-state index contributed by atoms with van der Waals surface area (Å²) in [5.74, 6) is 1.62. The summed E-state index contributed by atoms with van der Waals surface area (Å²) in [7, 11) is 0. The van der Waals surface area contributed by atoms with Crippen LogP contribution in [0.5, 0.6) is 0 Å². The van der Waals surface area contributed by atoms with Gasteiger partial charge in [0.25, 0.3) is 0 Å². The zero-order valence-corrected chi connectivity index (χ0v) is 9.97. The Balaban J connectivity index is 1.87. The second-order valence-electron chi connectivity index (χ2n) is 4.35. The Morgan fingerprint density at radius 2 is 2.22 bits per heavy atom. The fourth-order valence-electron chi connectivity index (χ4n) is 2.20. The fraction of sp³-hybridized carbons (Fsp3) is 0.385. The van der Waals surface area contributed by atoms with Gasteiger partial charge in [-0.25, -0.2) is 4.39 Å². The standard InChI is InChI=1S/C13H14FN3O/c14-11-3-1-2-10(8-11)9-13-16-15-12-4-6-18-7-5-17(12)13/h1-3,8H,4-7,9H2. The largest absolute Gasteiger partial charge is 0.379 e. The first-order valence-corrected chi connectivity index (χ1v) is 6.06. The average molecular weight is 247 g/mol. The molecule has 0 atom stereocenters. The molecule has 0 saturated carbocycles. The Kier molecular flexibility index (Phi) is 3.06. The van der Waals surface area contributed by atoms with Crippen molar-refractivity contribution < 1.29 is 9.13 Å². The molecule has 94 valence electrons. The lowest BCUT2D eigenvalue weighted by molar-refractivity contribution is 0.139. The van der Waals surface area contributed by atoms with Crippen molar-refractivity contribution in [3.05, 3.63) is 47.3 Å². The number of hydrogen-bond acceptors (Lipinski definition) is 3. The molecular weight excluding hydrogens is 233 g/mol. The van der Waals surface area contributed by atoms with E-state index in [2.05, 4.69) is 14.8 Å². The van der Waals surface area contributed by atoms with Gasteiger partial charge in [0, 0.05) is 19.4 Å². The van der Waals surface area contributed by atoms with Crippen LogP contribution in [0.1, 0.15) is 17.2 Å². The second-order valence-corrected chi connectivity index (χ2v) is 4.35. The van der Waals surface area contributed by atoms with Crippen molar-refractivity contribution in [3.63, 3.8) is 0 Å². The number of halogens is 1. The maximum absolute atomic E-state index is 13.1. The molecule has 2 aromatic rings. The van der Waals surface area contributed by atoms with Crippen LogP contribution in [-0.4, -0.2) is 28.0 Å². The van der Waals surface area contributed by atoms with Crippen LogP contribution < -0.4 is 0 Å². The summed E-state index contributed by atoms with van der Waals surface area (Å²) in [6, 6.07) is 6.60. The molecule has 0 spiro atoms. The van der Waals surface area contributed by atoms with Crippen LogP contribution >= 0.6 is 0 Å².